The highest BCUT2D eigenvalue weighted by atomic mass is 16.5. The van der Waals surface area contributed by atoms with Crippen LogP contribution in [0.25, 0.3) is 0 Å². The number of carbonyl (C=O) groups is 1. The molecule has 0 aromatic rings. The molecule has 3 saturated carbocycles. The molecule has 0 aromatic carbocycles. The Balaban J connectivity index is 1.12. The van der Waals surface area contributed by atoms with Gasteiger partial charge in [0, 0.05) is 12.8 Å². The zero-order valence-corrected chi connectivity index (χ0v) is 33.9. The van der Waals surface area contributed by atoms with Crippen LogP contribution in [0.15, 0.2) is 23.3 Å². The number of rotatable bonds is 22. The molecular formula is C47H82O2. The topological polar surface area (TPSA) is 26.3 Å². The Morgan fingerprint density at radius 3 is 2.00 bits per heavy atom. The van der Waals surface area contributed by atoms with E-state index < -0.39 is 0 Å². The van der Waals surface area contributed by atoms with E-state index in [1.807, 2.05) is 0 Å². The van der Waals surface area contributed by atoms with Crippen molar-refractivity contribution in [3.05, 3.63) is 23.3 Å². The van der Waals surface area contributed by atoms with Crippen LogP contribution in [0.1, 0.15) is 215 Å². The summed E-state index contributed by atoms with van der Waals surface area (Å²) in [5.74, 6) is 5.03. The second-order valence-corrected chi connectivity index (χ2v) is 18.6. The fraction of sp³-hybridized carbons (Fsp3) is 0.894. The molecule has 4 aliphatic carbocycles. The monoisotopic (exact) mass is 679 g/mol. The zero-order chi connectivity index (χ0) is 35.3. The third kappa shape index (κ3) is 11.0. The predicted octanol–water partition coefficient (Wildman–Crippen LogP) is 14.8. The summed E-state index contributed by atoms with van der Waals surface area (Å²) in [5.41, 5.74) is 4.14. The molecular weight excluding hydrogens is 597 g/mol. The summed E-state index contributed by atoms with van der Waals surface area (Å²) in [4.78, 5) is 12.8. The second-order valence-electron chi connectivity index (χ2n) is 18.6. The molecule has 0 aliphatic heterocycles. The lowest BCUT2D eigenvalue weighted by atomic mass is 9.47. The van der Waals surface area contributed by atoms with Crippen molar-refractivity contribution in [2.24, 2.45) is 46.3 Å². The Kier molecular flexibility index (Phi) is 16.8. The van der Waals surface area contributed by atoms with Crippen molar-refractivity contribution in [1.29, 1.82) is 0 Å². The first kappa shape index (κ1) is 40.7. The number of allylic oxidation sites excluding steroid dienone is 3. The van der Waals surface area contributed by atoms with E-state index in [9.17, 15) is 4.79 Å². The summed E-state index contributed by atoms with van der Waals surface area (Å²) in [6.45, 7) is 17.1. The number of hydrogen-bond acceptors (Lipinski definition) is 2. The van der Waals surface area contributed by atoms with E-state index in [0.717, 1.165) is 48.9 Å². The van der Waals surface area contributed by atoms with Crippen molar-refractivity contribution in [3.8, 4) is 0 Å². The van der Waals surface area contributed by atoms with Gasteiger partial charge >= 0.3 is 5.97 Å². The highest BCUT2D eigenvalue weighted by Crippen LogP contribution is 2.67. The third-order valence-electron chi connectivity index (χ3n) is 15.1. The van der Waals surface area contributed by atoms with Crippen LogP contribution in [0.5, 0.6) is 0 Å². The maximum atomic E-state index is 12.8. The Bertz CT molecular complexity index is 1040. The van der Waals surface area contributed by atoms with Crippen LogP contribution in [0.4, 0.5) is 0 Å². The van der Waals surface area contributed by atoms with E-state index in [1.54, 1.807) is 11.1 Å². The molecule has 0 bridgehead atoms. The van der Waals surface area contributed by atoms with Gasteiger partial charge in [0.05, 0.1) is 0 Å². The minimum atomic E-state index is 0.0621. The van der Waals surface area contributed by atoms with E-state index in [0.29, 0.717) is 23.2 Å². The van der Waals surface area contributed by atoms with Gasteiger partial charge in [-0.2, -0.15) is 0 Å². The second kappa shape index (κ2) is 20.3. The zero-order valence-electron chi connectivity index (χ0n) is 33.9. The first-order valence-electron chi connectivity index (χ1n) is 22.2. The van der Waals surface area contributed by atoms with Crippen LogP contribution in [0.3, 0.4) is 0 Å². The molecule has 0 N–H and O–H groups in total. The fourth-order valence-electron chi connectivity index (χ4n) is 12.0. The summed E-state index contributed by atoms with van der Waals surface area (Å²) < 4.78 is 6.15. The molecule has 2 nitrogen and oxygen atoms in total. The van der Waals surface area contributed by atoms with Crippen molar-refractivity contribution in [2.45, 2.75) is 222 Å². The van der Waals surface area contributed by atoms with E-state index >= 15 is 0 Å². The minimum absolute atomic E-state index is 0.0621. The van der Waals surface area contributed by atoms with Gasteiger partial charge in [-0.3, -0.25) is 4.79 Å². The molecule has 4 rings (SSSR count). The molecule has 4 aliphatic rings. The van der Waals surface area contributed by atoms with Crippen LogP contribution < -0.4 is 0 Å². The number of esters is 1. The number of hydrogen-bond donors (Lipinski definition) is 0. The Morgan fingerprint density at radius 1 is 0.796 bits per heavy atom. The summed E-state index contributed by atoms with van der Waals surface area (Å²) in [6, 6.07) is 0. The quantitative estimate of drug-likeness (QED) is 0.0647. The molecule has 2 heteroatoms. The summed E-state index contributed by atoms with van der Waals surface area (Å²) >= 11 is 0. The van der Waals surface area contributed by atoms with E-state index in [2.05, 4.69) is 60.6 Å². The molecule has 49 heavy (non-hydrogen) atoms. The molecule has 0 saturated heterocycles. The Labute approximate surface area is 305 Å². The normalized spacial score (nSPS) is 32.0. The minimum Gasteiger partial charge on any atom is -0.462 e. The number of carbonyl (C=O) groups excluding carboxylic acids is 1. The van der Waals surface area contributed by atoms with Gasteiger partial charge in [-0.1, -0.05) is 155 Å². The van der Waals surface area contributed by atoms with E-state index in [1.165, 1.54) is 141 Å². The molecule has 8 atom stereocenters. The lowest BCUT2D eigenvalue weighted by molar-refractivity contribution is -0.151. The average molecular weight is 679 g/mol. The van der Waals surface area contributed by atoms with Gasteiger partial charge in [0.25, 0.3) is 0 Å². The van der Waals surface area contributed by atoms with Crippen LogP contribution in [-0.2, 0) is 9.53 Å². The van der Waals surface area contributed by atoms with Gasteiger partial charge in [-0.25, -0.2) is 0 Å². The van der Waals surface area contributed by atoms with Gasteiger partial charge in [-0.05, 0) is 117 Å². The lowest BCUT2D eigenvalue weighted by Crippen LogP contribution is -2.51. The first-order valence-corrected chi connectivity index (χ1v) is 22.2. The average Bonchev–Trinajstić information content (AvgIpc) is 3.44. The van der Waals surface area contributed by atoms with Gasteiger partial charge in [0.15, 0.2) is 0 Å². The SMILES string of the molecule is CC=C(CC[C@@H](C)[C@H]1CC[C@H]2[C@@H]3CC=C4C[C@@H](OC(=O)CCCCCCCCCCCCCCCCC)CC[C@]4(C)[C@H]3CC[C@]12C)C(C)C. The van der Waals surface area contributed by atoms with Crippen LogP contribution in [0, 0.1) is 46.3 Å². The lowest BCUT2D eigenvalue weighted by Gasteiger charge is -2.58. The highest BCUT2D eigenvalue weighted by molar-refractivity contribution is 5.69. The van der Waals surface area contributed by atoms with Gasteiger partial charge in [0.1, 0.15) is 6.10 Å². The predicted molar refractivity (Wildman–Crippen MR) is 212 cm³/mol. The molecule has 0 spiro atoms. The van der Waals surface area contributed by atoms with E-state index in [4.69, 9.17) is 4.74 Å². The van der Waals surface area contributed by atoms with Crippen LogP contribution in [0.2, 0.25) is 0 Å². The number of ether oxygens (including phenoxy) is 1. The standard InChI is InChI=1S/C47H82O2/c1-8-10-11-12-13-14-15-16-17-18-19-20-21-22-23-24-45(48)49-40-31-33-46(6)39(35-40)27-28-41-43-30-29-42(47(43,7)34-32-44(41)46)37(5)25-26-38(9-2)36(3)4/h9,27,36-37,40-44H,8,10-26,28-35H2,1-7H3/t37-,40+,41+,42-,43+,44+,46+,47-/m1/s1. The molecule has 0 heterocycles. The third-order valence-corrected chi connectivity index (χ3v) is 15.1. The first-order chi connectivity index (χ1) is 23.6. The van der Waals surface area contributed by atoms with Crippen LogP contribution >= 0.6 is 0 Å². The molecule has 3 fully saturated rings. The Morgan fingerprint density at radius 2 is 1.41 bits per heavy atom. The maximum absolute atomic E-state index is 12.8. The van der Waals surface area contributed by atoms with Crippen molar-refractivity contribution >= 4 is 5.97 Å². The highest BCUT2D eigenvalue weighted by Gasteiger charge is 2.59. The summed E-state index contributed by atoms with van der Waals surface area (Å²) in [5, 5.41) is 0. The maximum Gasteiger partial charge on any atom is 0.306 e. The fourth-order valence-corrected chi connectivity index (χ4v) is 12.0. The molecule has 0 unspecified atom stereocenters. The van der Waals surface area contributed by atoms with Crippen molar-refractivity contribution in [1.82, 2.24) is 0 Å². The smallest absolute Gasteiger partial charge is 0.306 e. The van der Waals surface area contributed by atoms with Crippen molar-refractivity contribution < 1.29 is 9.53 Å². The molecule has 0 radical (unpaired) electrons. The van der Waals surface area contributed by atoms with Gasteiger partial charge in [-0.15, -0.1) is 0 Å². The molecule has 0 amide bonds. The summed E-state index contributed by atoms with van der Waals surface area (Å²) in [7, 11) is 0. The molecule has 282 valence electrons. The van der Waals surface area contributed by atoms with Crippen molar-refractivity contribution in [3.63, 3.8) is 0 Å². The summed E-state index contributed by atoms with van der Waals surface area (Å²) in [6.07, 6.45) is 39.0. The number of unbranched alkanes of at least 4 members (excludes halogenated alkanes) is 14. The molecule has 0 aromatic heterocycles. The van der Waals surface area contributed by atoms with Gasteiger partial charge < -0.3 is 4.74 Å². The Hall–Kier alpha value is -1.05. The number of fused-ring (bicyclic) bond motifs is 5. The largest absolute Gasteiger partial charge is 0.462 e. The van der Waals surface area contributed by atoms with Crippen LogP contribution in [-0.4, -0.2) is 12.1 Å². The van der Waals surface area contributed by atoms with E-state index in [-0.39, 0.29) is 12.1 Å². The van der Waals surface area contributed by atoms with Crippen molar-refractivity contribution in [2.75, 3.05) is 0 Å². The van der Waals surface area contributed by atoms with Gasteiger partial charge in [0.2, 0.25) is 0 Å².